The fourth-order valence-corrected chi connectivity index (χ4v) is 5.01. The van der Waals surface area contributed by atoms with Crippen LogP contribution in [0.2, 0.25) is 0 Å². The average molecular weight is 497 g/mol. The maximum Gasteiger partial charge on any atom is 0.416 e. The van der Waals surface area contributed by atoms with Crippen molar-refractivity contribution in [1.82, 2.24) is 15.1 Å². The molecule has 1 amide bonds. The Morgan fingerprint density at radius 3 is 2.56 bits per heavy atom. The number of alkyl halides is 3. The van der Waals surface area contributed by atoms with Crippen molar-refractivity contribution in [2.75, 3.05) is 13.6 Å². The lowest BCUT2D eigenvalue weighted by molar-refractivity contribution is -0.137. The number of halogens is 3. The van der Waals surface area contributed by atoms with Gasteiger partial charge in [0.05, 0.1) is 23.3 Å². The van der Waals surface area contributed by atoms with Crippen LogP contribution in [-0.2, 0) is 17.4 Å². The van der Waals surface area contributed by atoms with Gasteiger partial charge in [0.15, 0.2) is 0 Å². The molecule has 7 nitrogen and oxygen atoms in total. The Balaban J connectivity index is 1.46. The molecule has 2 aromatic rings. The molecule has 2 atom stereocenters. The third-order valence-electron chi connectivity index (χ3n) is 6.82. The van der Waals surface area contributed by atoms with Crippen molar-refractivity contribution in [2.45, 2.75) is 43.9 Å². The van der Waals surface area contributed by atoms with Gasteiger partial charge in [0.1, 0.15) is 17.2 Å². The average Bonchev–Trinajstić information content (AvgIpc) is 3.44. The number of amidine groups is 1. The molecule has 2 aromatic carbocycles. The zero-order chi connectivity index (χ0) is 25.4. The monoisotopic (exact) mass is 496 g/mol. The van der Waals surface area contributed by atoms with Crippen molar-refractivity contribution in [3.05, 3.63) is 77.1 Å². The van der Waals surface area contributed by atoms with Crippen LogP contribution in [0.25, 0.3) is 0 Å². The van der Waals surface area contributed by atoms with Crippen LogP contribution in [0.5, 0.6) is 0 Å². The zero-order valence-electron chi connectivity index (χ0n) is 19.8. The maximum absolute atomic E-state index is 13.4. The smallest absolute Gasteiger partial charge is 0.383 e. The fraction of sp³-hybridized carbons (Fsp3) is 0.346. The number of benzene rings is 2. The Labute approximate surface area is 207 Å². The highest BCUT2D eigenvalue weighted by molar-refractivity contribution is 6.26. The molecule has 0 aromatic heterocycles. The second-order valence-electron chi connectivity index (χ2n) is 9.16. The van der Waals surface area contributed by atoms with Crippen LogP contribution in [0.4, 0.5) is 18.9 Å². The molecule has 1 aliphatic carbocycles. The third kappa shape index (κ3) is 4.43. The number of carbonyl (C=O) groups is 1. The predicted octanol–water partition coefficient (Wildman–Crippen LogP) is 3.80. The molecule has 0 bridgehead atoms. The molecular weight excluding hydrogens is 469 g/mol. The number of amides is 1. The molecule has 36 heavy (non-hydrogen) atoms. The Kier molecular flexibility index (Phi) is 6.19. The molecule has 0 saturated heterocycles. The van der Waals surface area contributed by atoms with Crippen LogP contribution in [0.1, 0.15) is 30.4 Å². The number of likely N-dealkylation sites (N-methyl/N-ethyl adjacent to an activating group) is 1. The normalized spacial score (nSPS) is 22.1. The largest absolute Gasteiger partial charge is 0.416 e. The summed E-state index contributed by atoms with van der Waals surface area (Å²) in [6.07, 6.45) is -0.976. The minimum Gasteiger partial charge on any atom is -0.383 e. The van der Waals surface area contributed by atoms with Crippen LogP contribution >= 0.6 is 0 Å². The van der Waals surface area contributed by atoms with Crippen LogP contribution in [0.3, 0.4) is 0 Å². The van der Waals surface area contributed by atoms with Crippen LogP contribution < -0.4 is 11.1 Å². The van der Waals surface area contributed by atoms with E-state index < -0.39 is 11.7 Å². The molecular formula is C26H27F3N6O. The highest BCUT2D eigenvalue weighted by atomic mass is 19.4. The molecule has 2 aliphatic heterocycles. The van der Waals surface area contributed by atoms with Crippen LogP contribution in [-0.4, -0.2) is 53.2 Å². The van der Waals surface area contributed by atoms with Crippen LogP contribution in [0.15, 0.2) is 76.0 Å². The minimum absolute atomic E-state index is 0.0931. The molecule has 188 valence electrons. The Bertz CT molecular complexity index is 1240. The van der Waals surface area contributed by atoms with E-state index in [4.69, 9.17) is 10.7 Å². The van der Waals surface area contributed by atoms with Gasteiger partial charge >= 0.3 is 6.18 Å². The van der Waals surface area contributed by atoms with E-state index in [0.717, 1.165) is 37.0 Å². The van der Waals surface area contributed by atoms with E-state index in [9.17, 15) is 18.0 Å². The molecule has 2 heterocycles. The van der Waals surface area contributed by atoms with Gasteiger partial charge in [-0.3, -0.25) is 14.6 Å². The van der Waals surface area contributed by atoms with Crippen molar-refractivity contribution in [3.8, 4) is 0 Å². The van der Waals surface area contributed by atoms with Gasteiger partial charge in [-0.2, -0.15) is 13.2 Å². The summed E-state index contributed by atoms with van der Waals surface area (Å²) in [6.45, 7) is 0.390. The lowest BCUT2D eigenvalue weighted by Gasteiger charge is -2.38. The summed E-state index contributed by atoms with van der Waals surface area (Å²) in [5.41, 5.74) is 7.37. The second-order valence-corrected chi connectivity index (χ2v) is 9.16. The van der Waals surface area contributed by atoms with Crippen molar-refractivity contribution in [3.63, 3.8) is 0 Å². The molecule has 1 saturated carbocycles. The maximum atomic E-state index is 13.4. The minimum atomic E-state index is -4.37. The van der Waals surface area contributed by atoms with Crippen molar-refractivity contribution in [1.29, 1.82) is 0 Å². The first-order chi connectivity index (χ1) is 17.2. The molecule has 3 N–H and O–H groups in total. The zero-order valence-corrected chi connectivity index (χ0v) is 19.8. The predicted molar refractivity (Wildman–Crippen MR) is 131 cm³/mol. The van der Waals surface area contributed by atoms with Crippen molar-refractivity contribution < 1.29 is 18.0 Å². The number of hydrogen-bond donors (Lipinski definition) is 2. The molecule has 0 spiro atoms. The summed E-state index contributed by atoms with van der Waals surface area (Å²) in [5.74, 6) is 0.924. The Morgan fingerprint density at radius 1 is 1.14 bits per heavy atom. The lowest BCUT2D eigenvalue weighted by atomic mass is 10.1. The summed E-state index contributed by atoms with van der Waals surface area (Å²) >= 11 is 0. The quantitative estimate of drug-likeness (QED) is 0.471. The van der Waals surface area contributed by atoms with Gasteiger partial charge < -0.3 is 11.1 Å². The molecule has 1 fully saturated rings. The summed E-state index contributed by atoms with van der Waals surface area (Å²) < 4.78 is 38.7. The van der Waals surface area contributed by atoms with Gasteiger partial charge in [-0.1, -0.05) is 30.3 Å². The highest BCUT2D eigenvalue weighted by Gasteiger charge is 2.48. The number of guanidine groups is 1. The number of para-hydroxylation sites is 1. The van der Waals surface area contributed by atoms with Crippen molar-refractivity contribution in [2.24, 2.45) is 15.7 Å². The van der Waals surface area contributed by atoms with Gasteiger partial charge in [-0.05, 0) is 55.5 Å². The number of fused-ring (bicyclic) bond motifs is 3. The Hall–Kier alpha value is -3.82. The number of nitrogens with one attached hydrogen (secondary N) is 1. The van der Waals surface area contributed by atoms with E-state index in [2.05, 4.69) is 15.2 Å². The number of hydrogen-bond acceptors (Lipinski definition) is 5. The topological polar surface area (TPSA) is 86.3 Å². The third-order valence-corrected chi connectivity index (χ3v) is 6.82. The number of nitrogens with two attached hydrogens (primary N) is 1. The van der Waals surface area contributed by atoms with E-state index in [1.165, 1.54) is 17.0 Å². The number of nitrogens with zero attached hydrogens (tertiary/aromatic N) is 4. The first kappa shape index (κ1) is 23.9. The highest BCUT2D eigenvalue weighted by Crippen LogP contribution is 2.38. The molecule has 0 radical (unpaired) electrons. The van der Waals surface area contributed by atoms with Gasteiger partial charge in [0.25, 0.3) is 5.91 Å². The van der Waals surface area contributed by atoms with Crippen LogP contribution in [0, 0.1) is 0 Å². The van der Waals surface area contributed by atoms with E-state index >= 15 is 0 Å². The lowest BCUT2D eigenvalue weighted by Crippen LogP contribution is -2.56. The molecule has 5 rings (SSSR count). The molecule has 10 heteroatoms. The number of aliphatic imine (C=N–C) groups is 2. The standard InChI is InChI=1S/C26H27F3N6O/c1-34-24(36)21(22(30)32-18-6-3-2-4-7-18)23(35-20-9-5-8-19(20)33-25(34)35)31-15-14-16-10-12-17(13-11-16)26(27,28)29/h2-4,6-7,10-13,19-20,31H,5,8-9,14-15H2,1H3,(H2,30,32). The van der Waals surface area contributed by atoms with E-state index in [1.807, 2.05) is 18.2 Å². The fourth-order valence-electron chi connectivity index (χ4n) is 5.01. The first-order valence-electron chi connectivity index (χ1n) is 11.9. The summed E-state index contributed by atoms with van der Waals surface area (Å²) in [7, 11) is 1.68. The van der Waals surface area contributed by atoms with Gasteiger partial charge in [-0.25, -0.2) is 9.98 Å². The van der Waals surface area contributed by atoms with E-state index in [-0.39, 0.29) is 29.4 Å². The molecule has 3 aliphatic rings. The number of rotatable bonds is 6. The summed E-state index contributed by atoms with van der Waals surface area (Å²) in [6, 6.07) is 14.5. The Morgan fingerprint density at radius 2 is 1.86 bits per heavy atom. The summed E-state index contributed by atoms with van der Waals surface area (Å²) in [4.78, 5) is 26.3. The SMILES string of the molecule is CN1C(=O)C(C(N)=Nc2ccccc2)=C(NCCc2ccc(C(F)(F)F)cc2)N2C1=NC1CCCC12. The van der Waals surface area contributed by atoms with E-state index in [1.54, 1.807) is 19.2 Å². The van der Waals surface area contributed by atoms with E-state index in [0.29, 0.717) is 30.4 Å². The molecule has 2 unspecified atom stereocenters. The van der Waals surface area contributed by atoms with Gasteiger partial charge in [0, 0.05) is 13.6 Å². The van der Waals surface area contributed by atoms with Crippen molar-refractivity contribution >= 4 is 23.4 Å². The first-order valence-corrected chi connectivity index (χ1v) is 11.9. The van der Waals surface area contributed by atoms with Gasteiger partial charge in [0.2, 0.25) is 5.96 Å². The summed E-state index contributed by atoms with van der Waals surface area (Å²) in [5, 5.41) is 3.36. The second kappa shape index (κ2) is 9.33. The van der Waals surface area contributed by atoms with Gasteiger partial charge in [-0.15, -0.1) is 0 Å². The number of carbonyl (C=O) groups excluding carboxylic acids is 1.